The number of carbonyl (C=O) groups excluding carboxylic acids is 1. The molecule has 0 amide bonds. The van der Waals surface area contributed by atoms with Gasteiger partial charge in [-0.05, 0) is 49.6 Å². The molecule has 0 unspecified atom stereocenters. The van der Waals surface area contributed by atoms with Crippen LogP contribution in [0.15, 0.2) is 38.6 Å². The predicted molar refractivity (Wildman–Crippen MR) is 74.2 cm³/mol. The van der Waals surface area contributed by atoms with Gasteiger partial charge in [0, 0.05) is 16.3 Å². The van der Waals surface area contributed by atoms with Gasteiger partial charge in [0.1, 0.15) is 5.82 Å². The molecule has 0 bridgehead atoms. The molecule has 0 aliphatic rings. The van der Waals surface area contributed by atoms with E-state index in [1.165, 1.54) is 23.5 Å². The topological polar surface area (TPSA) is 17.1 Å². The average molecular weight is 378 g/mol. The maximum atomic E-state index is 12.7. The predicted octanol–water partition coefficient (Wildman–Crippen LogP) is 4.84. The van der Waals surface area contributed by atoms with Gasteiger partial charge in [-0.25, -0.2) is 4.39 Å². The van der Waals surface area contributed by atoms with Gasteiger partial charge in [0.05, 0.1) is 9.35 Å². The molecule has 1 heterocycles. The Bertz CT molecular complexity index is 548. The van der Waals surface area contributed by atoms with Crippen molar-refractivity contribution in [1.82, 2.24) is 0 Å². The fourth-order valence-corrected chi connectivity index (χ4v) is 3.51. The van der Waals surface area contributed by atoms with Crippen molar-refractivity contribution in [3.8, 4) is 0 Å². The quantitative estimate of drug-likeness (QED) is 0.699. The second kappa shape index (κ2) is 5.42. The summed E-state index contributed by atoms with van der Waals surface area (Å²) < 4.78 is 14.4. The maximum Gasteiger partial charge on any atom is 0.178 e. The van der Waals surface area contributed by atoms with Crippen molar-refractivity contribution in [3.05, 3.63) is 54.8 Å². The molecular formula is C12H7Br2FOS. The number of hydrogen-bond donors (Lipinski definition) is 0. The number of rotatable bonds is 3. The molecule has 0 aliphatic heterocycles. The zero-order chi connectivity index (χ0) is 12.4. The van der Waals surface area contributed by atoms with E-state index in [0.29, 0.717) is 4.88 Å². The van der Waals surface area contributed by atoms with E-state index >= 15 is 0 Å². The van der Waals surface area contributed by atoms with Crippen LogP contribution in [0.1, 0.15) is 15.2 Å². The van der Waals surface area contributed by atoms with Crippen molar-refractivity contribution in [2.24, 2.45) is 0 Å². The minimum Gasteiger partial charge on any atom is -0.293 e. The van der Waals surface area contributed by atoms with Crippen LogP contribution in [0.25, 0.3) is 0 Å². The lowest BCUT2D eigenvalue weighted by Crippen LogP contribution is -2.01. The molecule has 1 aromatic heterocycles. The van der Waals surface area contributed by atoms with Crippen LogP contribution < -0.4 is 0 Å². The van der Waals surface area contributed by atoms with E-state index in [9.17, 15) is 9.18 Å². The third kappa shape index (κ3) is 3.03. The molecule has 17 heavy (non-hydrogen) atoms. The van der Waals surface area contributed by atoms with E-state index in [-0.39, 0.29) is 18.0 Å². The summed E-state index contributed by atoms with van der Waals surface area (Å²) in [7, 11) is 0. The summed E-state index contributed by atoms with van der Waals surface area (Å²) in [4.78, 5) is 12.7. The molecule has 0 spiro atoms. The van der Waals surface area contributed by atoms with E-state index in [1.54, 1.807) is 12.1 Å². The van der Waals surface area contributed by atoms with Crippen molar-refractivity contribution in [2.45, 2.75) is 6.42 Å². The Morgan fingerprint density at radius 3 is 2.41 bits per heavy atom. The molecule has 88 valence electrons. The van der Waals surface area contributed by atoms with Crippen molar-refractivity contribution < 1.29 is 9.18 Å². The number of benzene rings is 1. The molecule has 2 aromatic rings. The average Bonchev–Trinajstić information content (AvgIpc) is 2.63. The molecule has 1 nitrogen and oxygen atoms in total. The van der Waals surface area contributed by atoms with Crippen LogP contribution in [0, 0.1) is 5.82 Å². The van der Waals surface area contributed by atoms with Gasteiger partial charge in [-0.2, -0.15) is 0 Å². The molecule has 0 saturated carbocycles. The summed E-state index contributed by atoms with van der Waals surface area (Å²) in [6, 6.07) is 5.98. The summed E-state index contributed by atoms with van der Waals surface area (Å²) in [6.45, 7) is 0. The van der Waals surface area contributed by atoms with Gasteiger partial charge in [0.2, 0.25) is 0 Å². The van der Waals surface area contributed by atoms with E-state index in [2.05, 4.69) is 31.9 Å². The van der Waals surface area contributed by atoms with Crippen LogP contribution in [0.4, 0.5) is 4.39 Å². The van der Waals surface area contributed by atoms with Crippen molar-refractivity contribution in [2.75, 3.05) is 0 Å². The number of hydrogen-bond acceptors (Lipinski definition) is 2. The van der Waals surface area contributed by atoms with Gasteiger partial charge >= 0.3 is 0 Å². The SMILES string of the molecule is O=C(Cc1ccc(F)cc1)c1scc(Br)c1Br. The highest BCUT2D eigenvalue weighted by Crippen LogP contribution is 2.33. The van der Waals surface area contributed by atoms with E-state index in [0.717, 1.165) is 14.5 Å². The van der Waals surface area contributed by atoms with Crippen LogP contribution in [0.2, 0.25) is 0 Å². The van der Waals surface area contributed by atoms with E-state index in [4.69, 9.17) is 0 Å². The minimum absolute atomic E-state index is 0.0270. The molecule has 0 atom stereocenters. The highest BCUT2D eigenvalue weighted by atomic mass is 79.9. The summed E-state index contributed by atoms with van der Waals surface area (Å²) in [6.07, 6.45) is 0.284. The van der Waals surface area contributed by atoms with Gasteiger partial charge < -0.3 is 0 Å². The fraction of sp³-hybridized carbons (Fsp3) is 0.0833. The first-order valence-corrected chi connectivity index (χ1v) is 7.24. The van der Waals surface area contributed by atoms with Gasteiger partial charge in [0.15, 0.2) is 5.78 Å². The van der Waals surface area contributed by atoms with E-state index < -0.39 is 0 Å². The summed E-state index contributed by atoms with van der Waals surface area (Å²) in [5.74, 6) is -0.263. The smallest absolute Gasteiger partial charge is 0.178 e. The van der Waals surface area contributed by atoms with Crippen LogP contribution >= 0.6 is 43.2 Å². The third-order valence-electron chi connectivity index (χ3n) is 2.22. The van der Waals surface area contributed by atoms with Crippen LogP contribution in [-0.2, 0) is 6.42 Å². The van der Waals surface area contributed by atoms with Crippen LogP contribution in [0.5, 0.6) is 0 Å². The molecule has 0 N–H and O–H groups in total. The number of halogens is 3. The molecule has 0 radical (unpaired) electrons. The molecule has 2 rings (SSSR count). The standard InChI is InChI=1S/C12H7Br2FOS/c13-9-6-17-12(11(9)14)10(16)5-7-1-3-8(15)4-2-7/h1-4,6H,5H2. The number of carbonyl (C=O) groups is 1. The maximum absolute atomic E-state index is 12.7. The number of Topliss-reactive ketones (excluding diaryl/α,β-unsaturated/α-hetero) is 1. The zero-order valence-electron chi connectivity index (χ0n) is 8.54. The Kier molecular flexibility index (Phi) is 4.12. The Hall–Kier alpha value is -0.520. The largest absolute Gasteiger partial charge is 0.293 e. The Balaban J connectivity index is 2.17. The first-order valence-electron chi connectivity index (χ1n) is 4.78. The van der Waals surface area contributed by atoms with Gasteiger partial charge in [-0.3, -0.25) is 4.79 Å². The zero-order valence-corrected chi connectivity index (χ0v) is 12.5. The highest BCUT2D eigenvalue weighted by Gasteiger charge is 2.15. The first kappa shape index (κ1) is 12.9. The van der Waals surface area contributed by atoms with Gasteiger partial charge in [-0.15, -0.1) is 11.3 Å². The summed E-state index contributed by atoms with van der Waals surface area (Å²) >= 11 is 8.09. The van der Waals surface area contributed by atoms with Crippen LogP contribution in [-0.4, -0.2) is 5.78 Å². The molecule has 0 aliphatic carbocycles. The van der Waals surface area contributed by atoms with Crippen molar-refractivity contribution in [3.63, 3.8) is 0 Å². The second-order valence-electron chi connectivity index (χ2n) is 3.45. The number of thiophene rings is 1. The molecular weight excluding hydrogens is 371 g/mol. The lowest BCUT2D eigenvalue weighted by atomic mass is 10.1. The first-order chi connectivity index (χ1) is 8.08. The monoisotopic (exact) mass is 376 g/mol. The Morgan fingerprint density at radius 2 is 1.88 bits per heavy atom. The molecule has 5 heteroatoms. The second-order valence-corrected chi connectivity index (χ2v) is 5.98. The van der Waals surface area contributed by atoms with Gasteiger partial charge in [0.25, 0.3) is 0 Å². The molecule has 0 saturated heterocycles. The third-order valence-corrected chi connectivity index (χ3v) is 5.79. The van der Waals surface area contributed by atoms with Gasteiger partial charge in [-0.1, -0.05) is 12.1 Å². The molecule has 0 fully saturated rings. The van der Waals surface area contributed by atoms with E-state index in [1.807, 2.05) is 5.38 Å². The van der Waals surface area contributed by atoms with Crippen LogP contribution in [0.3, 0.4) is 0 Å². The summed E-state index contributed by atoms with van der Waals surface area (Å²) in [5.41, 5.74) is 0.813. The Labute approximate surface area is 119 Å². The molecule has 1 aromatic carbocycles. The Morgan fingerprint density at radius 1 is 1.24 bits per heavy atom. The minimum atomic E-state index is -0.291. The fourth-order valence-electron chi connectivity index (χ4n) is 1.38. The normalized spacial score (nSPS) is 10.5. The van der Waals surface area contributed by atoms with Crippen molar-refractivity contribution in [1.29, 1.82) is 0 Å². The summed E-state index contributed by atoms with van der Waals surface area (Å²) in [5, 5.41) is 1.86. The highest BCUT2D eigenvalue weighted by molar-refractivity contribution is 9.13. The lowest BCUT2D eigenvalue weighted by Gasteiger charge is -2.00. The lowest BCUT2D eigenvalue weighted by molar-refractivity contribution is 0.0996. The van der Waals surface area contributed by atoms with Crippen molar-refractivity contribution >= 4 is 49.0 Å². The number of ketones is 1.